The summed E-state index contributed by atoms with van der Waals surface area (Å²) in [5, 5.41) is 15.9. The molecule has 0 atom stereocenters. The Hall–Kier alpha value is -1.55. The molecule has 1 aromatic carbocycles. The highest BCUT2D eigenvalue weighted by Crippen LogP contribution is 2.32. The van der Waals surface area contributed by atoms with E-state index in [1.807, 2.05) is 12.1 Å². The second-order valence-electron chi connectivity index (χ2n) is 6.26. The predicted molar refractivity (Wildman–Crippen MR) is 81.2 cm³/mol. The Kier molecular flexibility index (Phi) is 3.21. The lowest BCUT2D eigenvalue weighted by Gasteiger charge is -2.21. The third-order valence-corrected chi connectivity index (χ3v) is 4.13. The lowest BCUT2D eigenvalue weighted by molar-refractivity contribution is 0.0795. The number of hydrogen-bond acceptors (Lipinski definition) is 3. The molecule has 107 valence electrons. The molecular formula is C16H22N3O. The van der Waals surface area contributed by atoms with E-state index in [1.165, 1.54) is 0 Å². The summed E-state index contributed by atoms with van der Waals surface area (Å²) in [6.45, 7) is 3.50. The van der Waals surface area contributed by atoms with E-state index in [1.54, 1.807) is 13.8 Å². The normalized spacial score (nSPS) is 17.8. The first kappa shape index (κ1) is 13.4. The molecule has 1 radical (unpaired) electrons. The van der Waals surface area contributed by atoms with Crippen molar-refractivity contribution in [3.8, 4) is 0 Å². The number of anilines is 1. The Labute approximate surface area is 119 Å². The first-order valence-corrected chi connectivity index (χ1v) is 7.28. The zero-order valence-electron chi connectivity index (χ0n) is 12.1. The first-order chi connectivity index (χ1) is 9.45. The van der Waals surface area contributed by atoms with Crippen molar-refractivity contribution < 1.29 is 5.11 Å². The number of aromatic nitrogens is 2. The average molecular weight is 272 g/mol. The number of benzene rings is 1. The van der Waals surface area contributed by atoms with Gasteiger partial charge >= 0.3 is 0 Å². The molecular weight excluding hydrogens is 250 g/mol. The van der Waals surface area contributed by atoms with Gasteiger partial charge in [-0.15, -0.1) is 0 Å². The molecule has 4 nitrogen and oxygen atoms in total. The van der Waals surface area contributed by atoms with Gasteiger partial charge in [-0.25, -0.2) is 0 Å². The lowest BCUT2D eigenvalue weighted by atomic mass is 9.95. The van der Waals surface area contributed by atoms with Crippen molar-refractivity contribution in [3.63, 3.8) is 0 Å². The van der Waals surface area contributed by atoms with Crippen LogP contribution in [-0.4, -0.2) is 14.9 Å². The van der Waals surface area contributed by atoms with Crippen LogP contribution in [0, 0.1) is 6.42 Å². The van der Waals surface area contributed by atoms with E-state index in [-0.39, 0.29) is 0 Å². The van der Waals surface area contributed by atoms with Gasteiger partial charge in [-0.1, -0.05) is 0 Å². The van der Waals surface area contributed by atoms with Crippen molar-refractivity contribution in [3.05, 3.63) is 30.3 Å². The van der Waals surface area contributed by atoms with Crippen molar-refractivity contribution >= 4 is 16.6 Å². The molecule has 0 saturated heterocycles. The van der Waals surface area contributed by atoms with Crippen molar-refractivity contribution in [1.82, 2.24) is 9.78 Å². The van der Waals surface area contributed by atoms with Gasteiger partial charge in [0.25, 0.3) is 0 Å². The number of aliphatic hydroxyl groups is 1. The van der Waals surface area contributed by atoms with Gasteiger partial charge in [-0.05, 0) is 58.1 Å². The molecule has 0 amide bonds. The Bertz CT molecular complexity index is 618. The molecule has 2 aromatic rings. The van der Waals surface area contributed by atoms with Crippen LogP contribution in [-0.2, 0) is 5.60 Å². The fraction of sp³-hybridized carbons (Fsp3) is 0.500. The van der Waals surface area contributed by atoms with Gasteiger partial charge in [0.1, 0.15) is 0 Å². The summed E-state index contributed by atoms with van der Waals surface area (Å²) >= 11 is 0. The van der Waals surface area contributed by atoms with E-state index in [9.17, 15) is 5.11 Å². The van der Waals surface area contributed by atoms with Crippen LogP contribution in [0.25, 0.3) is 10.9 Å². The van der Waals surface area contributed by atoms with Crippen LogP contribution in [0.1, 0.15) is 51.1 Å². The third-order valence-electron chi connectivity index (χ3n) is 4.13. The molecule has 3 rings (SSSR count). The molecule has 1 heterocycles. The molecule has 0 unspecified atom stereocenters. The zero-order chi connectivity index (χ0) is 14.3. The molecule has 1 aliphatic rings. The Morgan fingerprint density at radius 3 is 2.65 bits per heavy atom. The van der Waals surface area contributed by atoms with Crippen molar-refractivity contribution in [2.24, 2.45) is 0 Å². The molecule has 1 aliphatic carbocycles. The summed E-state index contributed by atoms with van der Waals surface area (Å²) in [7, 11) is 0. The Morgan fingerprint density at radius 2 is 2.00 bits per heavy atom. The Balaban J connectivity index is 2.02. The maximum Gasteiger partial charge on any atom is 0.0928 e. The lowest BCUT2D eigenvalue weighted by Crippen LogP contribution is -2.17. The van der Waals surface area contributed by atoms with Gasteiger partial charge in [0.2, 0.25) is 0 Å². The number of fused-ring (bicyclic) bond motifs is 1. The maximum absolute atomic E-state index is 10.2. The van der Waals surface area contributed by atoms with Gasteiger partial charge in [-0.2, -0.15) is 5.10 Å². The maximum atomic E-state index is 10.2. The fourth-order valence-electron chi connectivity index (χ4n) is 3.00. The average Bonchev–Trinajstić information content (AvgIpc) is 2.80. The van der Waals surface area contributed by atoms with Gasteiger partial charge in [0.15, 0.2) is 0 Å². The second kappa shape index (κ2) is 4.77. The molecule has 4 heteroatoms. The van der Waals surface area contributed by atoms with Crippen LogP contribution in [0.5, 0.6) is 0 Å². The summed E-state index contributed by atoms with van der Waals surface area (Å²) in [6.07, 6.45) is 9.07. The fourth-order valence-corrected chi connectivity index (χ4v) is 3.00. The molecule has 1 aromatic heterocycles. The topological polar surface area (TPSA) is 64.1 Å². The molecule has 1 saturated carbocycles. The highest BCUT2D eigenvalue weighted by atomic mass is 16.3. The number of hydrogen-bond donors (Lipinski definition) is 2. The van der Waals surface area contributed by atoms with Crippen LogP contribution in [0.3, 0.4) is 0 Å². The summed E-state index contributed by atoms with van der Waals surface area (Å²) < 4.78 is 2.07. The van der Waals surface area contributed by atoms with E-state index in [2.05, 4.69) is 22.4 Å². The standard InChI is InChI=1S/C16H22N3O/c1-16(2,20)13-9-15-11(8-14(13)17)10-19(18-15)12-6-4-3-5-7-12/h3,8-10,12,20H,4-7,17H2,1-2H3. The smallest absolute Gasteiger partial charge is 0.0928 e. The number of nitrogen functional groups attached to an aromatic ring is 1. The molecule has 0 aliphatic heterocycles. The summed E-state index contributed by atoms with van der Waals surface area (Å²) in [5.41, 5.74) is 7.39. The molecule has 3 N–H and O–H groups in total. The van der Waals surface area contributed by atoms with E-state index in [0.717, 1.165) is 42.1 Å². The van der Waals surface area contributed by atoms with Gasteiger partial charge < -0.3 is 10.8 Å². The van der Waals surface area contributed by atoms with E-state index >= 15 is 0 Å². The largest absolute Gasteiger partial charge is 0.398 e. The monoisotopic (exact) mass is 272 g/mol. The highest BCUT2D eigenvalue weighted by Gasteiger charge is 2.22. The van der Waals surface area contributed by atoms with Crippen molar-refractivity contribution in [1.29, 1.82) is 0 Å². The van der Waals surface area contributed by atoms with Crippen molar-refractivity contribution in [2.75, 3.05) is 5.73 Å². The SMILES string of the molecule is CC(C)(O)c1cc2nn(C3CC[CH]CC3)cc2cc1N. The van der Waals surface area contributed by atoms with Crippen molar-refractivity contribution in [2.45, 2.75) is 51.2 Å². The summed E-state index contributed by atoms with van der Waals surface area (Å²) in [5.74, 6) is 0. The molecule has 0 bridgehead atoms. The highest BCUT2D eigenvalue weighted by molar-refractivity contribution is 5.83. The summed E-state index contributed by atoms with van der Waals surface area (Å²) in [6, 6.07) is 4.32. The predicted octanol–water partition coefficient (Wildman–Crippen LogP) is 3.17. The first-order valence-electron chi connectivity index (χ1n) is 7.28. The van der Waals surface area contributed by atoms with Crippen LogP contribution < -0.4 is 5.73 Å². The van der Waals surface area contributed by atoms with E-state index in [0.29, 0.717) is 11.7 Å². The van der Waals surface area contributed by atoms with Gasteiger partial charge in [0, 0.05) is 22.8 Å². The van der Waals surface area contributed by atoms with E-state index < -0.39 is 5.60 Å². The van der Waals surface area contributed by atoms with Crippen LogP contribution in [0.4, 0.5) is 5.69 Å². The number of nitrogens with two attached hydrogens (primary N) is 1. The third kappa shape index (κ3) is 2.40. The minimum absolute atomic E-state index is 0.485. The van der Waals surface area contributed by atoms with Crippen LogP contribution >= 0.6 is 0 Å². The minimum Gasteiger partial charge on any atom is -0.398 e. The quantitative estimate of drug-likeness (QED) is 0.825. The number of rotatable bonds is 2. The number of nitrogens with zero attached hydrogens (tertiary/aromatic N) is 2. The summed E-state index contributed by atoms with van der Waals surface area (Å²) in [4.78, 5) is 0. The van der Waals surface area contributed by atoms with Gasteiger partial charge in [0.05, 0.1) is 17.2 Å². The minimum atomic E-state index is -0.943. The van der Waals surface area contributed by atoms with Gasteiger partial charge in [-0.3, -0.25) is 4.68 Å². The molecule has 1 fully saturated rings. The van der Waals surface area contributed by atoms with E-state index in [4.69, 9.17) is 5.73 Å². The Morgan fingerprint density at radius 1 is 1.30 bits per heavy atom. The zero-order valence-corrected chi connectivity index (χ0v) is 12.1. The molecule has 0 spiro atoms. The van der Waals surface area contributed by atoms with Crippen LogP contribution in [0.2, 0.25) is 0 Å². The second-order valence-corrected chi connectivity index (χ2v) is 6.26. The molecule has 20 heavy (non-hydrogen) atoms. The van der Waals surface area contributed by atoms with Crippen LogP contribution in [0.15, 0.2) is 18.3 Å².